The molecule has 10 nitrogen and oxygen atoms in total. The van der Waals surface area contributed by atoms with E-state index in [1.807, 2.05) is 0 Å². The fraction of sp³-hybridized carbons (Fsp3) is 0.200. The Morgan fingerprint density at radius 1 is 1.25 bits per heavy atom. The Bertz CT molecular complexity index is 627. The lowest BCUT2D eigenvalue weighted by molar-refractivity contribution is -0.393. The zero-order valence-electron chi connectivity index (χ0n) is 10.1. The van der Waals surface area contributed by atoms with Crippen LogP contribution in [0.3, 0.4) is 0 Å². The standard InChI is InChI=1S/C10H9N5O5/c16-14(17)7-1-2-8(9(5-7)15(18)19)11-4-3-10-12-6-13-20-10/h1-2,5-6,11H,3-4H2. The van der Waals surface area contributed by atoms with Gasteiger partial charge in [0.15, 0.2) is 6.33 Å². The SMILES string of the molecule is O=[N+]([O-])c1ccc(NCCc2ncno2)c([N+](=O)[O-])c1. The van der Waals surface area contributed by atoms with E-state index in [2.05, 4.69) is 15.5 Å². The quantitative estimate of drug-likeness (QED) is 0.620. The van der Waals surface area contributed by atoms with Crippen LogP contribution < -0.4 is 5.32 Å². The lowest BCUT2D eigenvalue weighted by atomic mass is 10.2. The van der Waals surface area contributed by atoms with Gasteiger partial charge in [-0.25, -0.2) is 0 Å². The molecule has 0 saturated carbocycles. The molecule has 0 aliphatic carbocycles. The lowest BCUT2D eigenvalue weighted by Gasteiger charge is -2.05. The Hall–Kier alpha value is -3.04. The number of rotatable bonds is 6. The minimum Gasteiger partial charge on any atom is -0.379 e. The molecule has 1 heterocycles. The highest BCUT2D eigenvalue weighted by Crippen LogP contribution is 2.28. The number of nitro benzene ring substituents is 2. The van der Waals surface area contributed by atoms with Gasteiger partial charge >= 0.3 is 0 Å². The van der Waals surface area contributed by atoms with Crippen LogP contribution >= 0.6 is 0 Å². The van der Waals surface area contributed by atoms with Crippen molar-refractivity contribution in [1.29, 1.82) is 0 Å². The highest BCUT2D eigenvalue weighted by atomic mass is 16.6. The first-order valence-corrected chi connectivity index (χ1v) is 5.50. The largest absolute Gasteiger partial charge is 0.379 e. The summed E-state index contributed by atoms with van der Waals surface area (Å²) >= 11 is 0. The fourth-order valence-corrected chi connectivity index (χ4v) is 1.54. The van der Waals surface area contributed by atoms with Gasteiger partial charge in [0, 0.05) is 19.0 Å². The third kappa shape index (κ3) is 3.04. The smallest absolute Gasteiger partial charge is 0.299 e. The second kappa shape index (κ2) is 5.73. The van der Waals surface area contributed by atoms with Gasteiger partial charge in [-0.2, -0.15) is 4.98 Å². The maximum Gasteiger partial charge on any atom is 0.299 e. The van der Waals surface area contributed by atoms with Crippen LogP contribution in [0.5, 0.6) is 0 Å². The van der Waals surface area contributed by atoms with Crippen LogP contribution in [-0.4, -0.2) is 26.5 Å². The van der Waals surface area contributed by atoms with Crippen molar-refractivity contribution in [3.63, 3.8) is 0 Å². The Morgan fingerprint density at radius 3 is 2.65 bits per heavy atom. The monoisotopic (exact) mass is 279 g/mol. The molecule has 10 heteroatoms. The van der Waals surface area contributed by atoms with Gasteiger partial charge in [-0.15, -0.1) is 0 Å². The molecule has 20 heavy (non-hydrogen) atoms. The van der Waals surface area contributed by atoms with Gasteiger partial charge in [0.2, 0.25) is 5.89 Å². The van der Waals surface area contributed by atoms with E-state index in [-0.39, 0.29) is 17.1 Å². The predicted molar refractivity (Wildman–Crippen MR) is 66.2 cm³/mol. The van der Waals surface area contributed by atoms with E-state index in [0.29, 0.717) is 18.9 Å². The zero-order chi connectivity index (χ0) is 14.5. The summed E-state index contributed by atoms with van der Waals surface area (Å²) in [5.74, 6) is 0.391. The van der Waals surface area contributed by atoms with Crippen molar-refractivity contribution in [3.8, 4) is 0 Å². The zero-order valence-corrected chi connectivity index (χ0v) is 10.1. The van der Waals surface area contributed by atoms with Gasteiger partial charge < -0.3 is 9.84 Å². The first-order valence-electron chi connectivity index (χ1n) is 5.50. The number of nitrogens with zero attached hydrogens (tertiary/aromatic N) is 4. The van der Waals surface area contributed by atoms with Crippen LogP contribution in [0.4, 0.5) is 17.1 Å². The summed E-state index contributed by atoms with van der Waals surface area (Å²) < 4.78 is 4.78. The average molecular weight is 279 g/mol. The number of non-ortho nitro benzene ring substituents is 1. The molecule has 0 amide bonds. The summed E-state index contributed by atoms with van der Waals surface area (Å²) in [6.07, 6.45) is 1.64. The van der Waals surface area contributed by atoms with Crippen molar-refractivity contribution in [2.75, 3.05) is 11.9 Å². The maximum atomic E-state index is 10.9. The summed E-state index contributed by atoms with van der Waals surface area (Å²) in [5, 5.41) is 27.7. The predicted octanol–water partition coefficient (Wildman–Crippen LogP) is 1.54. The van der Waals surface area contributed by atoms with Crippen LogP contribution in [0.1, 0.15) is 5.89 Å². The number of nitro groups is 2. The van der Waals surface area contributed by atoms with Crippen molar-refractivity contribution in [2.24, 2.45) is 0 Å². The third-order valence-electron chi connectivity index (χ3n) is 2.45. The van der Waals surface area contributed by atoms with E-state index in [1.54, 1.807) is 0 Å². The molecule has 1 N–H and O–H groups in total. The minimum absolute atomic E-state index is 0.195. The lowest BCUT2D eigenvalue weighted by Crippen LogP contribution is -2.07. The van der Waals surface area contributed by atoms with E-state index in [1.165, 1.54) is 18.5 Å². The number of benzene rings is 1. The third-order valence-corrected chi connectivity index (χ3v) is 2.45. The number of nitrogens with one attached hydrogen (secondary N) is 1. The molecule has 1 aromatic carbocycles. The molecule has 0 radical (unpaired) electrons. The second-order valence-electron chi connectivity index (χ2n) is 3.73. The number of aromatic nitrogens is 2. The Balaban J connectivity index is 2.10. The Morgan fingerprint density at radius 2 is 2.05 bits per heavy atom. The van der Waals surface area contributed by atoms with Crippen molar-refractivity contribution < 1.29 is 14.4 Å². The molecule has 0 fully saturated rings. The van der Waals surface area contributed by atoms with Gasteiger partial charge in [0.25, 0.3) is 11.4 Å². The molecule has 1 aromatic heterocycles. The van der Waals surface area contributed by atoms with E-state index >= 15 is 0 Å². The van der Waals surface area contributed by atoms with Crippen LogP contribution in [0, 0.1) is 20.2 Å². The van der Waals surface area contributed by atoms with Crippen molar-refractivity contribution >= 4 is 17.1 Å². The summed E-state index contributed by atoms with van der Waals surface area (Å²) in [6.45, 7) is 0.320. The van der Waals surface area contributed by atoms with E-state index in [0.717, 1.165) is 6.07 Å². The fourth-order valence-electron chi connectivity index (χ4n) is 1.54. The van der Waals surface area contributed by atoms with Crippen LogP contribution in [0.15, 0.2) is 29.0 Å². The van der Waals surface area contributed by atoms with Crippen molar-refractivity contribution in [2.45, 2.75) is 6.42 Å². The summed E-state index contributed by atoms with van der Waals surface area (Å²) in [7, 11) is 0. The van der Waals surface area contributed by atoms with E-state index in [4.69, 9.17) is 4.52 Å². The number of hydrogen-bond donors (Lipinski definition) is 1. The first-order chi connectivity index (χ1) is 9.58. The maximum absolute atomic E-state index is 10.9. The topological polar surface area (TPSA) is 137 Å². The summed E-state index contributed by atoms with van der Waals surface area (Å²) in [6, 6.07) is 3.40. The second-order valence-corrected chi connectivity index (χ2v) is 3.73. The van der Waals surface area contributed by atoms with Gasteiger partial charge in [0.05, 0.1) is 15.9 Å². The highest BCUT2D eigenvalue weighted by Gasteiger charge is 2.19. The van der Waals surface area contributed by atoms with E-state index in [9.17, 15) is 20.2 Å². The average Bonchev–Trinajstić information content (AvgIpc) is 2.91. The van der Waals surface area contributed by atoms with Gasteiger partial charge in [0.1, 0.15) is 5.69 Å². The molecule has 0 aliphatic rings. The molecule has 0 spiro atoms. The molecule has 2 rings (SSSR count). The molecule has 104 valence electrons. The molecular formula is C10H9N5O5. The van der Waals surface area contributed by atoms with Crippen LogP contribution in [-0.2, 0) is 6.42 Å². The first kappa shape index (κ1) is 13.4. The van der Waals surface area contributed by atoms with Gasteiger partial charge in [-0.3, -0.25) is 20.2 Å². The summed E-state index contributed by atoms with van der Waals surface area (Å²) in [5.41, 5.74) is -0.496. The molecule has 0 unspecified atom stereocenters. The van der Waals surface area contributed by atoms with Crippen LogP contribution in [0.2, 0.25) is 0 Å². The molecule has 2 aromatic rings. The molecular weight excluding hydrogens is 270 g/mol. The number of anilines is 1. The van der Waals surface area contributed by atoms with E-state index < -0.39 is 9.85 Å². The molecule has 0 atom stereocenters. The normalized spacial score (nSPS) is 10.2. The van der Waals surface area contributed by atoms with Crippen molar-refractivity contribution in [3.05, 3.63) is 50.6 Å². The molecule has 0 aliphatic heterocycles. The summed E-state index contributed by atoms with van der Waals surface area (Å²) in [4.78, 5) is 23.9. The van der Waals surface area contributed by atoms with Gasteiger partial charge in [-0.05, 0) is 6.07 Å². The minimum atomic E-state index is -0.685. The van der Waals surface area contributed by atoms with Crippen molar-refractivity contribution in [1.82, 2.24) is 10.1 Å². The number of hydrogen-bond acceptors (Lipinski definition) is 8. The molecule has 0 saturated heterocycles. The Kier molecular flexibility index (Phi) is 3.84. The van der Waals surface area contributed by atoms with Gasteiger partial charge in [-0.1, -0.05) is 5.16 Å². The highest BCUT2D eigenvalue weighted by molar-refractivity contribution is 5.65. The Labute approximate surface area is 111 Å². The molecule has 0 bridgehead atoms. The van der Waals surface area contributed by atoms with Crippen LogP contribution in [0.25, 0.3) is 0 Å².